The molecular formula is C8H8N2. The fourth-order valence-corrected chi connectivity index (χ4v) is 0.820. The average molecular weight is 132 g/mol. The molecule has 0 aliphatic heterocycles. The van der Waals surface area contributed by atoms with Crippen molar-refractivity contribution in [3.63, 3.8) is 0 Å². The van der Waals surface area contributed by atoms with Gasteiger partial charge in [-0.3, -0.25) is 0 Å². The van der Waals surface area contributed by atoms with Crippen molar-refractivity contribution in [1.82, 2.24) is 5.53 Å². The van der Waals surface area contributed by atoms with Crippen molar-refractivity contribution in [2.24, 2.45) is 5.11 Å². The van der Waals surface area contributed by atoms with Crippen LogP contribution in [0.3, 0.4) is 0 Å². The lowest BCUT2D eigenvalue weighted by Gasteiger charge is -1.96. The highest BCUT2D eigenvalue weighted by Crippen LogP contribution is 2.17. The molecule has 0 spiro atoms. The monoisotopic (exact) mass is 132 g/mol. The predicted molar refractivity (Wildman–Crippen MR) is 39.7 cm³/mol. The van der Waals surface area contributed by atoms with Crippen LogP contribution in [0.1, 0.15) is 5.56 Å². The smallest absolute Gasteiger partial charge is 0.0907 e. The van der Waals surface area contributed by atoms with Gasteiger partial charge in [-0.05, 0) is 30.5 Å². The van der Waals surface area contributed by atoms with Gasteiger partial charge in [0, 0.05) is 0 Å². The van der Waals surface area contributed by atoms with Gasteiger partial charge >= 0.3 is 0 Å². The van der Waals surface area contributed by atoms with Crippen LogP contribution in [0.4, 0.5) is 5.69 Å². The fraction of sp³-hybridized carbons (Fsp3) is 0.125. The third-order valence-corrected chi connectivity index (χ3v) is 1.37. The average Bonchev–Trinajstić information content (AvgIpc) is 2.04. The Labute approximate surface area is 60.4 Å². The summed E-state index contributed by atoms with van der Waals surface area (Å²) in [7, 11) is 0. The summed E-state index contributed by atoms with van der Waals surface area (Å²) in [5.74, 6) is 0. The van der Waals surface area contributed by atoms with Crippen molar-refractivity contribution in [3.05, 3.63) is 36.8 Å². The first-order valence-corrected chi connectivity index (χ1v) is 3.10. The minimum absolute atomic E-state index is 0.609. The summed E-state index contributed by atoms with van der Waals surface area (Å²) < 4.78 is 0. The lowest BCUT2D eigenvalue weighted by atomic mass is 10.1. The summed E-state index contributed by atoms with van der Waals surface area (Å²) in [6.07, 6.45) is 0.653. The molecule has 0 fully saturated rings. The molecule has 2 radical (unpaired) electrons. The molecule has 0 aliphatic rings. The van der Waals surface area contributed by atoms with E-state index in [0.717, 1.165) is 5.56 Å². The van der Waals surface area contributed by atoms with Crippen LogP contribution in [0.5, 0.6) is 0 Å². The summed E-state index contributed by atoms with van der Waals surface area (Å²) in [6, 6.07) is 7.37. The Morgan fingerprint density at radius 2 is 2.10 bits per heavy atom. The van der Waals surface area contributed by atoms with Crippen LogP contribution in [0.15, 0.2) is 29.4 Å². The Morgan fingerprint density at radius 3 is 2.60 bits per heavy atom. The van der Waals surface area contributed by atoms with Crippen LogP contribution in [-0.2, 0) is 6.42 Å². The molecule has 0 aliphatic carbocycles. The molecule has 0 bridgehead atoms. The highest BCUT2D eigenvalue weighted by Gasteiger charge is 1.94. The molecule has 0 heterocycles. The molecule has 0 saturated heterocycles. The highest BCUT2D eigenvalue weighted by atomic mass is 15.0. The van der Waals surface area contributed by atoms with E-state index in [1.807, 2.05) is 18.2 Å². The van der Waals surface area contributed by atoms with Crippen molar-refractivity contribution >= 4 is 5.69 Å². The summed E-state index contributed by atoms with van der Waals surface area (Å²) in [6.45, 7) is 3.69. The van der Waals surface area contributed by atoms with Crippen molar-refractivity contribution < 1.29 is 0 Å². The first-order valence-electron chi connectivity index (χ1n) is 3.10. The standard InChI is InChI=1S/C8H8N2/c1-2-7-5-3-4-6-8(7)10-9/h3-6H,1-2H2. The van der Waals surface area contributed by atoms with Crippen LogP contribution in [-0.4, -0.2) is 0 Å². The second kappa shape index (κ2) is 3.11. The molecule has 0 amide bonds. The van der Waals surface area contributed by atoms with E-state index in [1.165, 1.54) is 0 Å². The van der Waals surface area contributed by atoms with Gasteiger partial charge in [0.25, 0.3) is 0 Å². The maximum atomic E-state index is 8.45. The van der Waals surface area contributed by atoms with Gasteiger partial charge in [-0.25, -0.2) is 0 Å². The Kier molecular flexibility index (Phi) is 2.15. The molecular weight excluding hydrogens is 124 g/mol. The minimum atomic E-state index is 0.609. The van der Waals surface area contributed by atoms with Crippen LogP contribution >= 0.6 is 0 Å². The zero-order chi connectivity index (χ0) is 7.40. The Morgan fingerprint density at radius 1 is 1.40 bits per heavy atom. The number of hydrogen-bond acceptors (Lipinski definition) is 1. The number of rotatable bonds is 2. The number of nitrogens with zero attached hydrogens (tertiary/aromatic N) is 2. The van der Waals surface area contributed by atoms with Gasteiger partial charge in [0.1, 0.15) is 0 Å². The minimum Gasteiger partial charge on any atom is -0.129 e. The van der Waals surface area contributed by atoms with Gasteiger partial charge in [-0.2, -0.15) is 0 Å². The van der Waals surface area contributed by atoms with Gasteiger partial charge in [0.15, 0.2) is 0 Å². The van der Waals surface area contributed by atoms with Gasteiger partial charge in [0.2, 0.25) is 0 Å². The zero-order valence-electron chi connectivity index (χ0n) is 5.62. The van der Waals surface area contributed by atoms with Gasteiger partial charge in [0.05, 0.1) is 5.69 Å². The topological polar surface area (TPSA) is 34.7 Å². The van der Waals surface area contributed by atoms with Crippen LogP contribution in [0.25, 0.3) is 0 Å². The molecule has 2 nitrogen and oxygen atoms in total. The Hall–Kier alpha value is -1.18. The summed E-state index contributed by atoms with van der Waals surface area (Å²) in [5, 5.41) is 3.10. The summed E-state index contributed by atoms with van der Waals surface area (Å²) in [4.78, 5) is 0. The first kappa shape index (κ1) is 6.93. The molecule has 0 aromatic heterocycles. The van der Waals surface area contributed by atoms with Gasteiger partial charge in [-0.1, -0.05) is 18.2 Å². The number of benzene rings is 1. The largest absolute Gasteiger partial charge is 0.129 e. The van der Waals surface area contributed by atoms with Crippen LogP contribution in [0, 0.1) is 6.92 Å². The van der Waals surface area contributed by atoms with E-state index in [0.29, 0.717) is 12.1 Å². The second-order valence-corrected chi connectivity index (χ2v) is 1.98. The molecule has 0 saturated carbocycles. The Balaban J connectivity index is 3.08. The van der Waals surface area contributed by atoms with E-state index in [4.69, 9.17) is 5.53 Å². The van der Waals surface area contributed by atoms with E-state index in [2.05, 4.69) is 12.0 Å². The van der Waals surface area contributed by atoms with E-state index in [9.17, 15) is 0 Å². The van der Waals surface area contributed by atoms with Crippen LogP contribution in [0.2, 0.25) is 0 Å². The molecule has 0 unspecified atom stereocenters. The molecule has 1 aromatic rings. The van der Waals surface area contributed by atoms with Crippen molar-refractivity contribution in [2.45, 2.75) is 6.42 Å². The second-order valence-electron chi connectivity index (χ2n) is 1.98. The third-order valence-electron chi connectivity index (χ3n) is 1.37. The summed E-state index contributed by atoms with van der Waals surface area (Å²) >= 11 is 0. The van der Waals surface area contributed by atoms with Gasteiger partial charge in [-0.15, -0.1) is 5.11 Å². The van der Waals surface area contributed by atoms with E-state index in [1.54, 1.807) is 6.07 Å². The Bertz CT molecular complexity index is 230. The SMILES string of the molecule is [CH2]Cc1ccccc1N=[N]. The third kappa shape index (κ3) is 1.21. The quantitative estimate of drug-likeness (QED) is 0.551. The normalized spacial score (nSPS) is 9.30. The maximum absolute atomic E-state index is 8.45. The molecule has 50 valence electrons. The van der Waals surface area contributed by atoms with Crippen molar-refractivity contribution in [1.29, 1.82) is 0 Å². The zero-order valence-corrected chi connectivity index (χ0v) is 5.62. The molecule has 10 heavy (non-hydrogen) atoms. The van der Waals surface area contributed by atoms with E-state index >= 15 is 0 Å². The lowest BCUT2D eigenvalue weighted by molar-refractivity contribution is 1.20. The molecule has 1 aromatic carbocycles. The summed E-state index contributed by atoms with van der Waals surface area (Å²) in [5.41, 5.74) is 10.0. The maximum Gasteiger partial charge on any atom is 0.0907 e. The first-order chi connectivity index (χ1) is 4.88. The molecule has 1 rings (SSSR count). The van der Waals surface area contributed by atoms with Crippen LogP contribution < -0.4 is 5.53 Å². The van der Waals surface area contributed by atoms with Gasteiger partial charge < -0.3 is 0 Å². The number of hydrogen-bond donors (Lipinski definition) is 0. The molecule has 0 N–H and O–H groups in total. The van der Waals surface area contributed by atoms with Crippen molar-refractivity contribution in [2.75, 3.05) is 0 Å². The lowest BCUT2D eigenvalue weighted by Crippen LogP contribution is -1.78. The van der Waals surface area contributed by atoms with E-state index < -0.39 is 0 Å². The van der Waals surface area contributed by atoms with E-state index in [-0.39, 0.29) is 0 Å². The molecule has 0 atom stereocenters. The predicted octanol–water partition coefficient (Wildman–Crippen LogP) is 1.95. The molecule has 2 heteroatoms. The van der Waals surface area contributed by atoms with Crippen molar-refractivity contribution in [3.8, 4) is 0 Å². The fourth-order valence-electron chi connectivity index (χ4n) is 0.820. The highest BCUT2D eigenvalue weighted by molar-refractivity contribution is 5.45.